The molecular weight excluding hydrogens is 328 g/mol. The molecule has 8 nitrogen and oxygen atoms in total. The van der Waals surface area contributed by atoms with Gasteiger partial charge in [0.15, 0.2) is 0 Å². The largest absolute Gasteiger partial charge is 0.358 e. The highest BCUT2D eigenvalue weighted by molar-refractivity contribution is 8.03. The lowest BCUT2D eigenvalue weighted by atomic mass is 10.5. The van der Waals surface area contributed by atoms with E-state index in [1.807, 2.05) is 0 Å². The number of thioether (sulfide) groups is 2. The zero-order valence-corrected chi connectivity index (χ0v) is 14.3. The van der Waals surface area contributed by atoms with Crippen molar-refractivity contribution >= 4 is 47.2 Å². The van der Waals surface area contributed by atoms with Crippen LogP contribution in [0.2, 0.25) is 0 Å². The lowest BCUT2D eigenvalue weighted by Gasteiger charge is -2.05. The Labute approximate surface area is 138 Å². The van der Waals surface area contributed by atoms with E-state index in [0.29, 0.717) is 0 Å². The predicted octanol–water partition coefficient (Wildman–Crippen LogP) is -1.82. The third-order valence-corrected chi connectivity index (χ3v) is 4.46. The van der Waals surface area contributed by atoms with E-state index < -0.39 is 0 Å². The zero-order chi connectivity index (χ0) is 16.8. The lowest BCUT2D eigenvalue weighted by Crippen LogP contribution is -2.36. The van der Waals surface area contributed by atoms with Crippen LogP contribution in [0, 0.1) is 0 Å². The van der Waals surface area contributed by atoms with Gasteiger partial charge >= 0.3 is 0 Å². The Morgan fingerprint density at radius 1 is 0.682 bits per heavy atom. The molecule has 4 amide bonds. The van der Waals surface area contributed by atoms with E-state index in [2.05, 4.69) is 21.3 Å². The maximum Gasteiger partial charge on any atom is 0.239 e. The van der Waals surface area contributed by atoms with Gasteiger partial charge in [-0.2, -0.15) is 23.5 Å². The minimum atomic E-state index is -0.239. The number of carbonyl (C=O) groups is 4. The molecule has 0 unspecified atom stereocenters. The van der Waals surface area contributed by atoms with Gasteiger partial charge in [0.2, 0.25) is 23.6 Å². The number of amides is 4. The second-order valence-electron chi connectivity index (χ2n) is 4.00. The molecular formula is C12H22N4O4S2. The lowest BCUT2D eigenvalue weighted by molar-refractivity contribution is -0.124. The topological polar surface area (TPSA) is 116 Å². The van der Waals surface area contributed by atoms with Gasteiger partial charge in [-0.3, -0.25) is 19.2 Å². The van der Waals surface area contributed by atoms with Crippen molar-refractivity contribution in [1.82, 2.24) is 21.3 Å². The van der Waals surface area contributed by atoms with Crippen molar-refractivity contribution in [2.75, 3.05) is 50.2 Å². The van der Waals surface area contributed by atoms with Crippen LogP contribution in [0.5, 0.6) is 0 Å². The predicted molar refractivity (Wildman–Crippen MR) is 88.8 cm³/mol. The number of nitrogens with one attached hydrogen (secondary N) is 4. The smallest absolute Gasteiger partial charge is 0.239 e. The summed E-state index contributed by atoms with van der Waals surface area (Å²) in [6.45, 7) is -0.0354. The average molecular weight is 350 g/mol. The highest BCUT2D eigenvalue weighted by atomic mass is 32.2. The fourth-order valence-electron chi connectivity index (χ4n) is 1.08. The first-order valence-electron chi connectivity index (χ1n) is 6.59. The normalized spacial score (nSPS) is 9.73. The summed E-state index contributed by atoms with van der Waals surface area (Å²) in [6.07, 6.45) is 0. The van der Waals surface area contributed by atoms with Crippen molar-refractivity contribution in [3.63, 3.8) is 0 Å². The first-order chi connectivity index (χ1) is 10.5. The molecule has 0 saturated carbocycles. The Balaban J connectivity index is 3.46. The van der Waals surface area contributed by atoms with Crippen molar-refractivity contribution in [2.24, 2.45) is 0 Å². The summed E-state index contributed by atoms with van der Waals surface area (Å²) in [7, 11) is 3.01. The van der Waals surface area contributed by atoms with Gasteiger partial charge in [0.1, 0.15) is 0 Å². The third kappa shape index (κ3) is 12.3. The van der Waals surface area contributed by atoms with E-state index in [4.69, 9.17) is 0 Å². The van der Waals surface area contributed by atoms with Gasteiger partial charge in [-0.1, -0.05) is 0 Å². The molecule has 0 aliphatic carbocycles. The zero-order valence-electron chi connectivity index (χ0n) is 12.7. The van der Waals surface area contributed by atoms with Gasteiger partial charge in [0, 0.05) is 25.6 Å². The number of hydrogen-bond acceptors (Lipinski definition) is 6. The third-order valence-electron chi connectivity index (χ3n) is 2.29. The maximum atomic E-state index is 11.4. The van der Waals surface area contributed by atoms with E-state index >= 15 is 0 Å². The van der Waals surface area contributed by atoms with Gasteiger partial charge in [-0.05, 0) is 0 Å². The molecule has 0 aliphatic rings. The molecule has 126 valence electrons. The molecule has 4 N–H and O–H groups in total. The molecule has 0 aromatic heterocycles. The monoisotopic (exact) mass is 350 g/mol. The minimum absolute atomic E-state index is 0.0177. The summed E-state index contributed by atoms with van der Waals surface area (Å²) >= 11 is 2.87. The Morgan fingerprint density at radius 3 is 1.36 bits per heavy atom. The van der Waals surface area contributed by atoms with Crippen molar-refractivity contribution < 1.29 is 19.2 Å². The van der Waals surface area contributed by atoms with Crippen LogP contribution in [-0.2, 0) is 19.2 Å². The summed E-state index contributed by atoms with van der Waals surface area (Å²) in [5.41, 5.74) is 0. The fourth-order valence-corrected chi connectivity index (χ4v) is 2.89. The maximum absolute atomic E-state index is 11.4. The highest BCUT2D eigenvalue weighted by Gasteiger charge is 2.05. The Hall–Kier alpha value is -1.42. The van der Waals surface area contributed by atoms with Crippen molar-refractivity contribution in [2.45, 2.75) is 0 Å². The summed E-state index contributed by atoms with van der Waals surface area (Å²) in [6, 6.07) is 0. The Kier molecular flexibility index (Phi) is 12.4. The molecule has 0 spiro atoms. The molecule has 0 saturated heterocycles. The average Bonchev–Trinajstić information content (AvgIpc) is 2.53. The Morgan fingerprint density at radius 2 is 1.05 bits per heavy atom. The number of carbonyl (C=O) groups excluding carboxylic acids is 4. The molecule has 0 rings (SSSR count). The highest BCUT2D eigenvalue weighted by Crippen LogP contribution is 2.06. The molecule has 0 fully saturated rings. The van der Waals surface area contributed by atoms with Gasteiger partial charge in [-0.15, -0.1) is 0 Å². The number of likely N-dealkylation sites (N-methyl/N-ethyl adjacent to an activating group) is 2. The van der Waals surface area contributed by atoms with Crippen LogP contribution in [-0.4, -0.2) is 73.8 Å². The van der Waals surface area contributed by atoms with Crippen LogP contribution in [0.15, 0.2) is 0 Å². The molecule has 10 heteroatoms. The fraction of sp³-hybridized carbons (Fsp3) is 0.667. The summed E-state index contributed by atoms with van der Waals surface area (Å²) in [4.78, 5) is 44.5. The standard InChI is InChI=1S/C12H22N4O4S2/c1-13-9(17)5-15-11(19)7-21-3-4-22-8-12(20)16-6-10(18)14-2/h3-8H2,1-2H3,(H,13,17)(H,14,18)(H,15,19)(H,16,20). The number of hydrogen-bond donors (Lipinski definition) is 4. The minimum Gasteiger partial charge on any atom is -0.358 e. The van der Waals surface area contributed by atoms with Crippen molar-refractivity contribution in [3.8, 4) is 0 Å². The van der Waals surface area contributed by atoms with E-state index in [1.165, 1.54) is 37.6 Å². The molecule has 22 heavy (non-hydrogen) atoms. The van der Waals surface area contributed by atoms with Crippen molar-refractivity contribution in [3.05, 3.63) is 0 Å². The second kappa shape index (κ2) is 13.3. The quantitative estimate of drug-likeness (QED) is 0.326. The molecule has 0 aromatic rings. The van der Waals surface area contributed by atoms with Gasteiger partial charge < -0.3 is 21.3 Å². The molecule has 0 radical (unpaired) electrons. The van der Waals surface area contributed by atoms with Gasteiger partial charge in [0.05, 0.1) is 24.6 Å². The summed E-state index contributed by atoms with van der Waals surface area (Å²) in [5.74, 6) is 1.14. The first kappa shape index (κ1) is 20.6. The number of rotatable bonds is 11. The molecule has 0 aliphatic heterocycles. The van der Waals surface area contributed by atoms with E-state index in [9.17, 15) is 19.2 Å². The summed E-state index contributed by atoms with van der Waals surface area (Å²) < 4.78 is 0. The van der Waals surface area contributed by atoms with Gasteiger partial charge in [0.25, 0.3) is 0 Å². The van der Waals surface area contributed by atoms with Crippen LogP contribution < -0.4 is 21.3 Å². The summed E-state index contributed by atoms with van der Waals surface area (Å²) in [5, 5.41) is 9.81. The molecule has 0 aromatic carbocycles. The SMILES string of the molecule is CNC(=O)CNC(=O)CSCCSCC(=O)NCC(=O)NC. The van der Waals surface area contributed by atoms with E-state index in [-0.39, 0.29) is 48.2 Å². The van der Waals surface area contributed by atoms with Crippen LogP contribution in [0.3, 0.4) is 0 Å². The molecule has 0 heterocycles. The second-order valence-corrected chi connectivity index (χ2v) is 6.22. The van der Waals surface area contributed by atoms with Crippen LogP contribution in [0.4, 0.5) is 0 Å². The van der Waals surface area contributed by atoms with E-state index in [0.717, 1.165) is 11.5 Å². The molecule has 0 bridgehead atoms. The van der Waals surface area contributed by atoms with Crippen LogP contribution in [0.1, 0.15) is 0 Å². The van der Waals surface area contributed by atoms with Crippen LogP contribution >= 0.6 is 23.5 Å². The molecule has 0 atom stereocenters. The van der Waals surface area contributed by atoms with Gasteiger partial charge in [-0.25, -0.2) is 0 Å². The van der Waals surface area contributed by atoms with Crippen LogP contribution in [0.25, 0.3) is 0 Å². The van der Waals surface area contributed by atoms with E-state index in [1.54, 1.807) is 0 Å². The first-order valence-corrected chi connectivity index (χ1v) is 8.90. The Bertz CT molecular complexity index is 357. The van der Waals surface area contributed by atoms with Crippen molar-refractivity contribution in [1.29, 1.82) is 0 Å².